The van der Waals surface area contributed by atoms with Crippen LogP contribution < -0.4 is 11.5 Å². The quantitative estimate of drug-likeness (QED) is 0.0216. The zero-order valence-electron chi connectivity index (χ0n) is 32.7. The van der Waals surface area contributed by atoms with E-state index in [4.69, 9.17) is 35.4 Å². The van der Waals surface area contributed by atoms with Crippen molar-refractivity contribution in [2.75, 3.05) is 13.2 Å². The van der Waals surface area contributed by atoms with E-state index >= 15 is 0 Å². The fourth-order valence-electron chi connectivity index (χ4n) is 6.85. The summed E-state index contributed by atoms with van der Waals surface area (Å²) in [5, 5.41) is 16.4. The average molecular weight is 795 g/mol. The van der Waals surface area contributed by atoms with Crippen LogP contribution in [-0.4, -0.2) is 47.1 Å². The van der Waals surface area contributed by atoms with E-state index < -0.39 is 38.2 Å². The van der Waals surface area contributed by atoms with E-state index in [0.717, 1.165) is 30.8 Å². The minimum absolute atomic E-state index is 0.0471. The molecular weight excluding hydrogens is 734 g/mol. The van der Waals surface area contributed by atoms with Crippen LogP contribution in [-0.2, 0) is 42.5 Å². The predicted molar refractivity (Wildman–Crippen MR) is 217 cm³/mol. The number of nitrogens with zero attached hydrogens (tertiary/aromatic N) is 2. The summed E-state index contributed by atoms with van der Waals surface area (Å²) in [5.74, 6) is -0.408. The predicted octanol–water partition coefficient (Wildman–Crippen LogP) is 9.05. The van der Waals surface area contributed by atoms with Gasteiger partial charge in [-0.15, -0.1) is 0 Å². The van der Waals surface area contributed by atoms with Crippen LogP contribution >= 0.6 is 7.82 Å². The highest BCUT2D eigenvalue weighted by Gasteiger charge is 2.40. The Bertz CT molecular complexity index is 1760. The Hall–Kier alpha value is -3.73. The molecule has 56 heavy (non-hydrogen) atoms. The van der Waals surface area contributed by atoms with Crippen LogP contribution in [0, 0.1) is 22.6 Å². The van der Waals surface area contributed by atoms with Crippen molar-refractivity contribution in [2.45, 2.75) is 134 Å². The molecule has 1 saturated heterocycles. The van der Waals surface area contributed by atoms with Crippen LogP contribution in [0.5, 0.6) is 0 Å². The van der Waals surface area contributed by atoms with Crippen LogP contribution in [0.4, 0.5) is 4.39 Å². The fraction of sp³-hybridized carbons (Fsp3) is 0.548. The highest BCUT2D eigenvalue weighted by Crippen LogP contribution is 2.46. The van der Waals surface area contributed by atoms with Gasteiger partial charge in [0, 0.05) is 12.1 Å². The highest BCUT2D eigenvalue weighted by atomic mass is 31.2. The van der Waals surface area contributed by atoms with Crippen molar-refractivity contribution in [2.24, 2.45) is 16.5 Å². The molecule has 1 aromatic heterocycles. The number of benzene rings is 2. The molecule has 0 radical (unpaired) electrons. The molecule has 0 spiro atoms. The molecule has 0 aliphatic carbocycles. The van der Waals surface area contributed by atoms with Crippen molar-refractivity contribution in [3.8, 4) is 6.07 Å². The first-order chi connectivity index (χ1) is 27.0. The number of rotatable bonds is 27. The number of H-pyrrole nitrogens is 1. The third-order valence-corrected chi connectivity index (χ3v) is 10.9. The number of aryl methyl sites for hydroxylation is 1. The second-order valence-electron chi connectivity index (χ2n) is 14.8. The highest BCUT2D eigenvalue weighted by molar-refractivity contribution is 7.47. The van der Waals surface area contributed by atoms with E-state index in [-0.39, 0.29) is 24.6 Å². The van der Waals surface area contributed by atoms with E-state index in [1.165, 1.54) is 88.3 Å². The molecular formula is C42H60FN6O6P. The maximum Gasteiger partial charge on any atom is 0.472 e. The Morgan fingerprint density at radius 1 is 1.04 bits per heavy atom. The monoisotopic (exact) mass is 794 g/mol. The zero-order valence-corrected chi connectivity index (χ0v) is 33.6. The van der Waals surface area contributed by atoms with Gasteiger partial charge in [-0.1, -0.05) is 102 Å². The molecule has 306 valence electrons. The summed E-state index contributed by atoms with van der Waals surface area (Å²) < 4.78 is 50.0. The molecule has 0 bridgehead atoms. The lowest BCUT2D eigenvalue weighted by atomic mass is 10.0. The SMILES string of the molecule is CCCCCCCCCCCCCCc1ccc(C[C@H](COP(=O)(O)OC[C@]2(N)CC[C@H](c3ccc(/C(N)=N\C=N)[nH]3)O2)OCc2cc(F)cc(C#N)c2)cc1. The summed E-state index contributed by atoms with van der Waals surface area (Å²) in [4.78, 5) is 17.5. The summed E-state index contributed by atoms with van der Waals surface area (Å²) in [7, 11) is -4.62. The summed E-state index contributed by atoms with van der Waals surface area (Å²) in [6, 6.07) is 17.6. The Morgan fingerprint density at radius 2 is 1.70 bits per heavy atom. The standard InChI is InChI=1S/C42H60FN6O6P/c1-2-3-4-5-6-7-8-9-10-11-12-13-14-32-15-17-33(18-16-32)26-37(52-28-35-23-34(27-44)24-36(43)25-35)29-53-56(50,51)54-30-42(47)22-21-40(55-42)38-19-20-39(49-38)41(46)48-31-45/h15-20,23-25,31,37,40,49H,2-14,21-22,26,28-30,47H2,1H3,(H,50,51)(H3,45,46,48)/t37-,40-,42+/m1/s1. The molecule has 2 heterocycles. The lowest BCUT2D eigenvalue weighted by molar-refractivity contribution is -0.0732. The largest absolute Gasteiger partial charge is 0.472 e. The molecule has 7 N–H and O–H groups in total. The van der Waals surface area contributed by atoms with Crippen LogP contribution in [0.15, 0.2) is 59.6 Å². The maximum atomic E-state index is 14.1. The van der Waals surface area contributed by atoms with E-state index in [1.54, 1.807) is 12.1 Å². The lowest BCUT2D eigenvalue weighted by Crippen LogP contribution is -2.43. The van der Waals surface area contributed by atoms with E-state index in [0.29, 0.717) is 36.2 Å². The molecule has 12 nitrogen and oxygen atoms in total. The van der Waals surface area contributed by atoms with Gasteiger partial charge in [-0.05, 0) is 72.7 Å². The van der Waals surface area contributed by atoms with Gasteiger partial charge in [0.25, 0.3) is 0 Å². The topological polar surface area (TPSA) is 202 Å². The van der Waals surface area contributed by atoms with Crippen LogP contribution in [0.25, 0.3) is 0 Å². The van der Waals surface area contributed by atoms with Gasteiger partial charge < -0.3 is 30.8 Å². The number of hydrogen-bond acceptors (Lipinski definition) is 8. The minimum atomic E-state index is -4.62. The molecule has 2 aromatic carbocycles. The van der Waals surface area contributed by atoms with Gasteiger partial charge >= 0.3 is 7.82 Å². The number of aromatic nitrogens is 1. The third-order valence-electron chi connectivity index (χ3n) is 10.0. The molecule has 1 aliphatic rings. The number of amidine groups is 1. The van der Waals surface area contributed by atoms with E-state index in [9.17, 15) is 19.1 Å². The van der Waals surface area contributed by atoms with Crippen LogP contribution in [0.2, 0.25) is 0 Å². The second kappa shape index (κ2) is 23.5. The van der Waals surface area contributed by atoms with Gasteiger partial charge in [-0.2, -0.15) is 5.26 Å². The van der Waals surface area contributed by atoms with Gasteiger partial charge in [-0.25, -0.2) is 13.9 Å². The van der Waals surface area contributed by atoms with Crippen LogP contribution in [0.1, 0.15) is 137 Å². The molecule has 4 rings (SSSR count). The molecule has 1 unspecified atom stereocenters. The number of unbranched alkanes of at least 4 members (excludes halogenated alkanes) is 11. The molecule has 0 amide bonds. The third kappa shape index (κ3) is 16.0. The number of aliphatic imine (C=N–C) groups is 1. The Morgan fingerprint density at radius 3 is 2.36 bits per heavy atom. The maximum absolute atomic E-state index is 14.1. The first kappa shape index (κ1) is 45.0. The van der Waals surface area contributed by atoms with E-state index in [1.807, 2.05) is 18.2 Å². The lowest BCUT2D eigenvalue weighted by Gasteiger charge is -2.26. The van der Waals surface area contributed by atoms with Crippen molar-refractivity contribution in [3.63, 3.8) is 0 Å². The summed E-state index contributed by atoms with van der Waals surface area (Å²) in [5.41, 5.74) is 14.9. The number of ether oxygens (including phenoxy) is 2. The smallest absolute Gasteiger partial charge is 0.382 e. The van der Waals surface area contributed by atoms with Gasteiger partial charge in [0.1, 0.15) is 30.3 Å². The second-order valence-corrected chi connectivity index (χ2v) is 16.2. The Kier molecular flexibility index (Phi) is 18.9. The van der Waals surface area contributed by atoms with Gasteiger partial charge in [0.15, 0.2) is 0 Å². The van der Waals surface area contributed by atoms with Crippen molar-refractivity contribution >= 4 is 20.0 Å². The summed E-state index contributed by atoms with van der Waals surface area (Å²) in [6.45, 7) is 1.49. The molecule has 1 fully saturated rings. The molecule has 1 aliphatic heterocycles. The molecule has 14 heteroatoms. The van der Waals surface area contributed by atoms with Gasteiger partial charge in [0.05, 0.1) is 42.7 Å². The molecule has 4 atom stereocenters. The van der Waals surface area contributed by atoms with Crippen LogP contribution in [0.3, 0.4) is 0 Å². The number of phosphoric acid groups is 1. The number of hydrogen-bond donors (Lipinski definition) is 5. The van der Waals surface area contributed by atoms with Crippen molar-refractivity contribution < 1.29 is 32.4 Å². The number of nitrogens with two attached hydrogens (primary N) is 2. The number of aromatic amines is 1. The first-order valence-corrected chi connectivity index (χ1v) is 21.5. The zero-order chi connectivity index (χ0) is 40.2. The number of nitrogens with one attached hydrogen (secondary N) is 2. The van der Waals surface area contributed by atoms with Crippen molar-refractivity contribution in [1.82, 2.24) is 4.98 Å². The van der Waals surface area contributed by atoms with Crippen molar-refractivity contribution in [3.05, 3.63) is 94.1 Å². The van der Waals surface area contributed by atoms with Gasteiger partial charge in [-0.3, -0.25) is 14.5 Å². The summed E-state index contributed by atoms with van der Waals surface area (Å²) in [6.07, 6.45) is 17.6. The molecule has 3 aromatic rings. The minimum Gasteiger partial charge on any atom is -0.382 e. The van der Waals surface area contributed by atoms with Gasteiger partial charge in [0.2, 0.25) is 0 Å². The number of nitriles is 1. The first-order valence-electron chi connectivity index (χ1n) is 20.0. The fourth-order valence-corrected chi connectivity index (χ4v) is 7.66. The van der Waals surface area contributed by atoms with Crippen molar-refractivity contribution in [1.29, 1.82) is 10.7 Å². The Balaban J connectivity index is 1.26. The molecule has 0 saturated carbocycles. The Labute approximate surface area is 331 Å². The average Bonchev–Trinajstić information content (AvgIpc) is 3.84. The normalized spacial score (nSPS) is 18.8. The number of phosphoric ester groups is 1. The van der Waals surface area contributed by atoms with E-state index in [2.05, 4.69) is 29.0 Å². The number of halogens is 1. The summed E-state index contributed by atoms with van der Waals surface area (Å²) >= 11 is 0.